The molecule has 156 valence electrons. The number of aryl methyl sites for hydroxylation is 1. The summed E-state index contributed by atoms with van der Waals surface area (Å²) in [6.45, 7) is 0.791. The number of hydrogen-bond donors (Lipinski definition) is 1. The second kappa shape index (κ2) is 8.38. The van der Waals surface area contributed by atoms with Gasteiger partial charge in [0.1, 0.15) is 5.75 Å². The van der Waals surface area contributed by atoms with Crippen LogP contribution in [0, 0.1) is 0 Å². The van der Waals surface area contributed by atoms with E-state index >= 15 is 0 Å². The first-order valence-electron chi connectivity index (χ1n) is 10.8. The Morgan fingerprint density at radius 3 is 2.90 bits per heavy atom. The monoisotopic (exact) mass is 406 g/mol. The molecular weight excluding hydrogens is 380 g/mol. The molecule has 0 spiro atoms. The van der Waals surface area contributed by atoms with Crippen LogP contribution in [-0.2, 0) is 11.3 Å². The highest BCUT2D eigenvalue weighted by atomic mass is 16.5. The van der Waals surface area contributed by atoms with Gasteiger partial charge in [-0.15, -0.1) is 5.10 Å². The van der Waals surface area contributed by atoms with Crippen LogP contribution in [-0.4, -0.2) is 43.2 Å². The van der Waals surface area contributed by atoms with Crippen molar-refractivity contribution in [3.05, 3.63) is 42.4 Å². The summed E-state index contributed by atoms with van der Waals surface area (Å²) in [6.07, 6.45) is 8.50. The summed E-state index contributed by atoms with van der Waals surface area (Å²) in [6, 6.07) is 10.2. The third-order valence-corrected chi connectivity index (χ3v) is 6.20. The Balaban J connectivity index is 1.16. The fourth-order valence-electron chi connectivity index (χ4n) is 4.55. The summed E-state index contributed by atoms with van der Waals surface area (Å²) in [5.41, 5.74) is 0.973. The summed E-state index contributed by atoms with van der Waals surface area (Å²) >= 11 is 0. The van der Waals surface area contributed by atoms with Gasteiger partial charge < -0.3 is 10.1 Å². The molecule has 30 heavy (non-hydrogen) atoms. The quantitative estimate of drug-likeness (QED) is 0.716. The zero-order valence-electron chi connectivity index (χ0n) is 16.9. The van der Waals surface area contributed by atoms with Crippen LogP contribution in [0.15, 0.2) is 36.5 Å². The Hall–Kier alpha value is -3.03. The molecule has 1 aromatic carbocycles. The number of amides is 1. The predicted octanol–water partition coefficient (Wildman–Crippen LogP) is 3.00. The van der Waals surface area contributed by atoms with Crippen molar-refractivity contribution in [1.82, 2.24) is 30.5 Å². The number of hydrogen-bond acceptors (Lipinski definition) is 6. The van der Waals surface area contributed by atoms with Gasteiger partial charge in [-0.2, -0.15) is 0 Å². The molecular formula is C22H26N6O2. The van der Waals surface area contributed by atoms with Crippen molar-refractivity contribution in [2.24, 2.45) is 0 Å². The zero-order valence-corrected chi connectivity index (χ0v) is 16.9. The lowest BCUT2D eigenvalue weighted by atomic mass is 9.92. The normalized spacial score (nSPS) is 24.1. The SMILES string of the molecule is O=C(NC1CCC(Oc2ccc3ncccc3c2)CC1)C1CCCCn2nnnc21. The molecule has 0 bridgehead atoms. The van der Waals surface area contributed by atoms with Gasteiger partial charge in [0.2, 0.25) is 5.91 Å². The molecule has 1 unspecified atom stereocenters. The maximum atomic E-state index is 12.9. The van der Waals surface area contributed by atoms with Gasteiger partial charge in [-0.05, 0) is 73.2 Å². The van der Waals surface area contributed by atoms with Crippen LogP contribution in [0.1, 0.15) is 56.7 Å². The molecule has 1 aliphatic carbocycles. The van der Waals surface area contributed by atoms with Crippen LogP contribution in [0.4, 0.5) is 0 Å². The van der Waals surface area contributed by atoms with Crippen molar-refractivity contribution in [1.29, 1.82) is 0 Å². The number of benzene rings is 1. The van der Waals surface area contributed by atoms with Crippen LogP contribution in [0.3, 0.4) is 0 Å². The van der Waals surface area contributed by atoms with Gasteiger partial charge in [-0.25, -0.2) is 4.68 Å². The van der Waals surface area contributed by atoms with Crippen molar-refractivity contribution in [3.8, 4) is 5.75 Å². The van der Waals surface area contributed by atoms with Crippen molar-refractivity contribution in [3.63, 3.8) is 0 Å². The van der Waals surface area contributed by atoms with Crippen molar-refractivity contribution in [2.75, 3.05) is 0 Å². The predicted molar refractivity (Wildman–Crippen MR) is 111 cm³/mol. The molecule has 2 aromatic heterocycles. The van der Waals surface area contributed by atoms with Gasteiger partial charge >= 0.3 is 0 Å². The van der Waals surface area contributed by atoms with Crippen molar-refractivity contribution < 1.29 is 9.53 Å². The Kier molecular flexibility index (Phi) is 5.29. The number of fused-ring (bicyclic) bond motifs is 2. The Labute approximate surface area is 175 Å². The number of nitrogens with zero attached hydrogens (tertiary/aromatic N) is 5. The third kappa shape index (κ3) is 3.99. The average molecular weight is 406 g/mol. The number of ether oxygens (including phenoxy) is 1. The van der Waals surface area contributed by atoms with Gasteiger partial charge in [0.25, 0.3) is 0 Å². The average Bonchev–Trinajstić information content (AvgIpc) is 3.14. The number of nitrogens with one attached hydrogen (secondary N) is 1. The molecule has 3 aromatic rings. The molecule has 3 heterocycles. The van der Waals surface area contributed by atoms with Gasteiger partial charge in [0, 0.05) is 24.2 Å². The molecule has 8 nitrogen and oxygen atoms in total. The van der Waals surface area contributed by atoms with E-state index in [2.05, 4.69) is 25.8 Å². The van der Waals surface area contributed by atoms with E-state index in [1.54, 1.807) is 10.9 Å². The summed E-state index contributed by atoms with van der Waals surface area (Å²) < 4.78 is 7.99. The minimum atomic E-state index is -0.248. The number of rotatable bonds is 4. The second-order valence-corrected chi connectivity index (χ2v) is 8.27. The molecule has 0 radical (unpaired) electrons. The fourth-order valence-corrected chi connectivity index (χ4v) is 4.55. The standard InChI is InChI=1S/C22H26N6O2/c29-22(19-5-1-2-13-28-21(19)25-26-27-28)24-16-6-8-17(9-7-16)30-18-10-11-20-15(14-18)4-3-12-23-20/h3-4,10-12,14,16-17,19H,1-2,5-9,13H2,(H,24,29). The van der Waals surface area contributed by atoms with Gasteiger partial charge in [-0.3, -0.25) is 9.78 Å². The molecule has 1 atom stereocenters. The van der Waals surface area contributed by atoms with Gasteiger partial charge in [-0.1, -0.05) is 12.5 Å². The third-order valence-electron chi connectivity index (χ3n) is 6.20. The minimum Gasteiger partial charge on any atom is -0.490 e. The van der Waals surface area contributed by atoms with E-state index in [1.807, 2.05) is 30.3 Å². The summed E-state index contributed by atoms with van der Waals surface area (Å²) in [5, 5.41) is 16.2. The molecule has 2 aliphatic rings. The first-order chi connectivity index (χ1) is 14.8. The number of carbonyl (C=O) groups is 1. The fraction of sp³-hybridized carbons (Fsp3) is 0.500. The summed E-state index contributed by atoms with van der Waals surface area (Å²) in [5.74, 6) is 1.39. The zero-order chi connectivity index (χ0) is 20.3. The van der Waals surface area contributed by atoms with Crippen LogP contribution in [0.25, 0.3) is 10.9 Å². The second-order valence-electron chi connectivity index (χ2n) is 8.27. The van der Waals surface area contributed by atoms with Crippen LogP contribution in [0.2, 0.25) is 0 Å². The maximum absolute atomic E-state index is 12.9. The molecule has 1 fully saturated rings. The van der Waals surface area contributed by atoms with Crippen molar-refractivity contribution in [2.45, 2.75) is 69.6 Å². The highest BCUT2D eigenvalue weighted by Crippen LogP contribution is 2.28. The van der Waals surface area contributed by atoms with E-state index in [1.165, 1.54) is 0 Å². The lowest BCUT2D eigenvalue weighted by Crippen LogP contribution is -2.42. The van der Waals surface area contributed by atoms with E-state index < -0.39 is 0 Å². The van der Waals surface area contributed by atoms with E-state index in [0.29, 0.717) is 5.82 Å². The highest BCUT2D eigenvalue weighted by Gasteiger charge is 2.31. The minimum absolute atomic E-state index is 0.0550. The van der Waals surface area contributed by atoms with E-state index in [0.717, 1.165) is 68.1 Å². The van der Waals surface area contributed by atoms with Crippen molar-refractivity contribution >= 4 is 16.8 Å². The maximum Gasteiger partial charge on any atom is 0.231 e. The van der Waals surface area contributed by atoms with Gasteiger partial charge in [0.05, 0.1) is 17.5 Å². The molecule has 1 amide bonds. The molecule has 0 saturated heterocycles. The van der Waals surface area contributed by atoms with Gasteiger partial charge in [0.15, 0.2) is 5.82 Å². The summed E-state index contributed by atoms with van der Waals surface area (Å²) in [4.78, 5) is 17.3. The number of pyridine rings is 1. The number of tetrazole rings is 1. The smallest absolute Gasteiger partial charge is 0.231 e. The Morgan fingerprint density at radius 2 is 2.00 bits per heavy atom. The highest BCUT2D eigenvalue weighted by molar-refractivity contribution is 5.83. The molecule has 8 heteroatoms. The Bertz CT molecular complexity index is 1030. The molecule has 1 aliphatic heterocycles. The first-order valence-corrected chi connectivity index (χ1v) is 10.8. The van der Waals surface area contributed by atoms with Crippen LogP contribution < -0.4 is 10.1 Å². The topological polar surface area (TPSA) is 94.8 Å². The first kappa shape index (κ1) is 19.0. The van der Waals surface area contributed by atoms with Crippen LogP contribution >= 0.6 is 0 Å². The largest absolute Gasteiger partial charge is 0.490 e. The Morgan fingerprint density at radius 1 is 1.10 bits per heavy atom. The molecule has 1 saturated carbocycles. The van der Waals surface area contributed by atoms with E-state index in [-0.39, 0.29) is 24.0 Å². The van der Waals surface area contributed by atoms with E-state index in [9.17, 15) is 4.79 Å². The number of carbonyl (C=O) groups excluding carboxylic acids is 1. The lowest BCUT2D eigenvalue weighted by molar-refractivity contribution is -0.124. The summed E-state index contributed by atoms with van der Waals surface area (Å²) in [7, 11) is 0. The molecule has 1 N–H and O–H groups in total. The molecule has 5 rings (SSSR count). The van der Waals surface area contributed by atoms with Crippen LogP contribution in [0.5, 0.6) is 5.75 Å². The van der Waals surface area contributed by atoms with E-state index in [4.69, 9.17) is 4.74 Å². The number of aromatic nitrogens is 5. The lowest BCUT2D eigenvalue weighted by Gasteiger charge is -2.30.